The number of rotatable bonds is 4. The van der Waals surface area contributed by atoms with Crippen LogP contribution in [0.25, 0.3) is 0 Å². The van der Waals surface area contributed by atoms with E-state index in [0.29, 0.717) is 23.7 Å². The Morgan fingerprint density at radius 3 is 2.53 bits per heavy atom. The van der Waals surface area contributed by atoms with Crippen LogP contribution < -0.4 is 0 Å². The number of aromatic carboxylic acids is 1. The maximum atomic E-state index is 11.3. The van der Waals surface area contributed by atoms with E-state index in [-0.39, 0.29) is 33.3 Å². The van der Waals surface area contributed by atoms with Gasteiger partial charge in [-0.05, 0) is 96.3 Å². The van der Waals surface area contributed by atoms with Crippen molar-refractivity contribution in [3.8, 4) is 0 Å². The van der Waals surface area contributed by atoms with Crippen molar-refractivity contribution in [1.82, 2.24) is 0 Å². The van der Waals surface area contributed by atoms with Crippen LogP contribution >= 0.6 is 0 Å². The third-order valence-electron chi connectivity index (χ3n) is 12.0. The molecule has 0 spiro atoms. The van der Waals surface area contributed by atoms with Crippen LogP contribution in [0.4, 0.5) is 0 Å². The Morgan fingerprint density at radius 1 is 1.12 bits per heavy atom. The molecule has 3 saturated carbocycles. The molecule has 8 atom stereocenters. The molecular formula is C30H44O4. The summed E-state index contributed by atoms with van der Waals surface area (Å²) in [5, 5.41) is 20.1. The summed E-state index contributed by atoms with van der Waals surface area (Å²) in [6, 6.07) is 1.70. The number of furan rings is 1. The van der Waals surface area contributed by atoms with E-state index in [0.717, 1.165) is 31.4 Å². The second kappa shape index (κ2) is 7.72. The molecule has 1 aromatic heterocycles. The molecule has 2 N–H and O–H groups in total. The van der Waals surface area contributed by atoms with Crippen molar-refractivity contribution in [1.29, 1.82) is 0 Å². The van der Waals surface area contributed by atoms with Crippen LogP contribution in [0.3, 0.4) is 0 Å². The van der Waals surface area contributed by atoms with E-state index < -0.39 is 5.97 Å². The summed E-state index contributed by atoms with van der Waals surface area (Å²) in [7, 11) is 0. The molecule has 34 heavy (non-hydrogen) atoms. The predicted molar refractivity (Wildman–Crippen MR) is 134 cm³/mol. The summed E-state index contributed by atoms with van der Waals surface area (Å²) >= 11 is 0. The average Bonchev–Trinajstić information content (AvgIpc) is 3.33. The van der Waals surface area contributed by atoms with E-state index in [2.05, 4.69) is 47.6 Å². The van der Waals surface area contributed by atoms with Gasteiger partial charge in [0.05, 0.1) is 11.7 Å². The van der Waals surface area contributed by atoms with E-state index in [9.17, 15) is 15.0 Å². The smallest absolute Gasteiger partial charge is 0.338 e. The number of allylic oxidation sites excluding steroid dienone is 2. The fourth-order valence-corrected chi connectivity index (χ4v) is 9.71. The molecule has 1 heterocycles. The van der Waals surface area contributed by atoms with Crippen molar-refractivity contribution in [3.05, 3.63) is 35.3 Å². The minimum atomic E-state index is -0.921. The van der Waals surface area contributed by atoms with Crippen LogP contribution in [0.1, 0.15) is 103 Å². The summed E-state index contributed by atoms with van der Waals surface area (Å²) in [6.07, 6.45) is 12.8. The fraction of sp³-hybridized carbons (Fsp3) is 0.767. The van der Waals surface area contributed by atoms with Crippen molar-refractivity contribution in [2.24, 2.45) is 45.3 Å². The number of fused-ring (bicyclic) bond motifs is 5. The summed E-state index contributed by atoms with van der Waals surface area (Å²) in [5.74, 6) is 2.11. The van der Waals surface area contributed by atoms with Gasteiger partial charge in [-0.3, -0.25) is 0 Å². The first-order valence-corrected chi connectivity index (χ1v) is 13.5. The quantitative estimate of drug-likeness (QED) is 0.461. The zero-order valence-electron chi connectivity index (χ0n) is 22.0. The molecule has 0 amide bonds. The largest absolute Gasteiger partial charge is 0.478 e. The van der Waals surface area contributed by atoms with Crippen LogP contribution in [0.5, 0.6) is 0 Å². The zero-order chi connectivity index (χ0) is 24.7. The van der Waals surface area contributed by atoms with E-state index in [1.165, 1.54) is 31.9 Å². The normalized spacial score (nSPS) is 43.9. The van der Waals surface area contributed by atoms with Crippen LogP contribution in [-0.2, 0) is 6.42 Å². The second-order valence-corrected chi connectivity index (χ2v) is 13.6. The lowest BCUT2D eigenvalue weighted by atomic mass is 9.41. The Kier molecular flexibility index (Phi) is 5.49. The lowest BCUT2D eigenvalue weighted by Crippen LogP contribution is -2.58. The van der Waals surface area contributed by atoms with Crippen molar-refractivity contribution < 1.29 is 19.4 Å². The molecule has 0 aromatic carbocycles. The molecule has 0 radical (unpaired) electrons. The highest BCUT2D eigenvalue weighted by Crippen LogP contribution is 2.73. The molecule has 0 unspecified atom stereocenters. The molecular weight excluding hydrogens is 424 g/mol. The summed E-state index contributed by atoms with van der Waals surface area (Å²) in [5.41, 5.74) is 2.71. The highest BCUT2D eigenvalue weighted by Gasteiger charge is 2.65. The van der Waals surface area contributed by atoms with Gasteiger partial charge >= 0.3 is 5.97 Å². The maximum Gasteiger partial charge on any atom is 0.338 e. The minimum absolute atomic E-state index is 0.0265. The number of carbonyl (C=O) groups is 1. The SMILES string of the molecule is C[C@H](Cc1cc(C(=O)O)co1)[C@H]1CC[C@@]2(C)C3=CC[C@H]4C(C)(C)[C@H](O)CC[C@]4(C)[C@@H]3CC[C@]12C. The van der Waals surface area contributed by atoms with Gasteiger partial charge in [-0.15, -0.1) is 0 Å². The van der Waals surface area contributed by atoms with Gasteiger partial charge in [-0.25, -0.2) is 4.79 Å². The van der Waals surface area contributed by atoms with Crippen LogP contribution in [0.2, 0.25) is 0 Å². The molecule has 188 valence electrons. The van der Waals surface area contributed by atoms with Crippen LogP contribution in [-0.4, -0.2) is 22.3 Å². The van der Waals surface area contributed by atoms with Gasteiger partial charge in [0, 0.05) is 6.42 Å². The molecule has 3 fully saturated rings. The highest BCUT2D eigenvalue weighted by atomic mass is 16.4. The fourth-order valence-electron chi connectivity index (χ4n) is 9.71. The number of aliphatic hydroxyl groups is 1. The molecule has 0 bridgehead atoms. The first-order valence-electron chi connectivity index (χ1n) is 13.5. The van der Waals surface area contributed by atoms with Gasteiger partial charge in [0.25, 0.3) is 0 Å². The van der Waals surface area contributed by atoms with Crippen molar-refractivity contribution in [2.45, 2.75) is 99.0 Å². The topological polar surface area (TPSA) is 70.7 Å². The van der Waals surface area contributed by atoms with Crippen molar-refractivity contribution in [2.75, 3.05) is 0 Å². The van der Waals surface area contributed by atoms with E-state index >= 15 is 0 Å². The Balaban J connectivity index is 1.42. The minimum Gasteiger partial charge on any atom is -0.478 e. The molecule has 0 saturated heterocycles. The van der Waals surface area contributed by atoms with E-state index in [1.54, 1.807) is 11.6 Å². The third kappa shape index (κ3) is 3.16. The first kappa shape index (κ1) is 24.2. The molecule has 1 aromatic rings. The summed E-state index contributed by atoms with van der Waals surface area (Å²) < 4.78 is 5.62. The maximum absolute atomic E-state index is 11.3. The van der Waals surface area contributed by atoms with Crippen molar-refractivity contribution >= 4 is 5.97 Å². The second-order valence-electron chi connectivity index (χ2n) is 13.6. The monoisotopic (exact) mass is 468 g/mol. The first-order chi connectivity index (χ1) is 15.8. The van der Waals surface area contributed by atoms with Gasteiger partial charge in [-0.2, -0.15) is 0 Å². The number of hydrogen-bond donors (Lipinski definition) is 2. The van der Waals surface area contributed by atoms with Crippen molar-refractivity contribution in [3.63, 3.8) is 0 Å². The van der Waals surface area contributed by atoms with Gasteiger partial charge in [-0.1, -0.05) is 53.2 Å². The molecule has 4 aliphatic carbocycles. The summed E-state index contributed by atoms with van der Waals surface area (Å²) in [4.78, 5) is 11.3. The molecule has 5 rings (SSSR count). The van der Waals surface area contributed by atoms with Gasteiger partial charge in [0.2, 0.25) is 0 Å². The molecule has 4 aliphatic rings. The lowest BCUT2D eigenvalue weighted by Gasteiger charge is -2.64. The molecule has 4 heteroatoms. The highest BCUT2D eigenvalue weighted by molar-refractivity contribution is 5.87. The standard InChI is InChI=1S/C30H44O4/c1-18(15-20-16-19(17-34-20)26(32)33)21-9-13-30(6)23-7-8-24-27(2,3)25(31)11-12-28(24,4)22(23)10-14-29(21,30)5/h7,16-18,21-22,24-25,31H,8-15H2,1-6H3,(H,32,33)/t18-,21-,22-,24+,25-,28-,29-,30+/m1/s1. The van der Waals surface area contributed by atoms with Gasteiger partial charge < -0.3 is 14.6 Å². The van der Waals surface area contributed by atoms with Gasteiger partial charge in [0.1, 0.15) is 12.0 Å². The third-order valence-corrected chi connectivity index (χ3v) is 12.0. The Bertz CT molecular complexity index is 1000. The number of hydrogen-bond acceptors (Lipinski definition) is 3. The zero-order valence-corrected chi connectivity index (χ0v) is 22.0. The number of aliphatic hydroxyl groups excluding tert-OH is 1. The molecule has 0 aliphatic heterocycles. The van der Waals surface area contributed by atoms with E-state index in [4.69, 9.17) is 4.42 Å². The predicted octanol–water partition coefficient (Wildman–Crippen LogP) is 7.12. The average molecular weight is 469 g/mol. The Hall–Kier alpha value is -1.55. The molecule has 4 nitrogen and oxygen atoms in total. The number of carboxylic acid groups (broad SMARTS) is 1. The van der Waals surface area contributed by atoms with E-state index in [1.807, 2.05) is 0 Å². The Labute approximate surface area is 205 Å². The van der Waals surface area contributed by atoms with Gasteiger partial charge in [0.15, 0.2) is 0 Å². The Morgan fingerprint density at radius 2 is 1.85 bits per heavy atom. The number of carboxylic acids is 1. The summed E-state index contributed by atoms with van der Waals surface area (Å²) in [6.45, 7) is 14.6. The van der Waals surface area contributed by atoms with Crippen LogP contribution in [0.15, 0.2) is 28.4 Å². The van der Waals surface area contributed by atoms with Crippen LogP contribution in [0, 0.1) is 45.3 Å². The lowest BCUT2D eigenvalue weighted by molar-refractivity contribution is -0.131.